The van der Waals surface area contributed by atoms with Gasteiger partial charge in [-0.05, 0) is 24.3 Å². The molecular weight excluding hydrogens is 365 g/mol. The third-order valence-corrected chi connectivity index (χ3v) is 4.29. The molecule has 0 N–H and O–H groups in total. The molecule has 0 saturated carbocycles. The number of hydrogen-bond donors (Lipinski definition) is 0. The number of halogens is 3. The van der Waals surface area contributed by atoms with Crippen LogP contribution < -0.4 is 4.90 Å². The molecule has 0 bridgehead atoms. The largest absolute Gasteiger partial charge is 0.417 e. The second kappa shape index (κ2) is 7.22. The zero-order valence-corrected chi connectivity index (χ0v) is 14.0. The van der Waals surface area contributed by atoms with E-state index in [4.69, 9.17) is 0 Å². The predicted octanol–water partition coefficient (Wildman–Crippen LogP) is 2.97. The van der Waals surface area contributed by atoms with Gasteiger partial charge in [0, 0.05) is 50.1 Å². The molecule has 1 amide bonds. The topological polar surface area (TPSA) is 79.6 Å². The highest BCUT2D eigenvalue weighted by Crippen LogP contribution is 2.29. The van der Waals surface area contributed by atoms with E-state index >= 15 is 0 Å². The molecule has 1 saturated heterocycles. The number of carbonyl (C=O) groups excluding carboxylic acids is 1. The van der Waals surface area contributed by atoms with Crippen LogP contribution in [-0.2, 0) is 6.18 Å². The number of nitrogens with zero attached hydrogens (tertiary/aromatic N) is 4. The van der Waals surface area contributed by atoms with E-state index in [9.17, 15) is 28.1 Å². The molecule has 7 nitrogen and oxygen atoms in total. The van der Waals surface area contributed by atoms with Crippen molar-refractivity contribution < 1.29 is 22.9 Å². The summed E-state index contributed by atoms with van der Waals surface area (Å²) in [6.45, 7) is 1.60. The first-order valence-corrected chi connectivity index (χ1v) is 8.07. The van der Waals surface area contributed by atoms with Crippen LogP contribution in [0.5, 0.6) is 0 Å². The Morgan fingerprint density at radius 1 is 1.04 bits per heavy atom. The van der Waals surface area contributed by atoms with E-state index in [2.05, 4.69) is 4.98 Å². The Bertz CT molecular complexity index is 830. The fraction of sp³-hybridized carbons (Fsp3) is 0.294. The molecule has 1 aliphatic rings. The number of hydrogen-bond acceptors (Lipinski definition) is 5. The Kier molecular flexibility index (Phi) is 4.98. The molecule has 10 heteroatoms. The zero-order valence-electron chi connectivity index (χ0n) is 14.0. The second-order valence-corrected chi connectivity index (χ2v) is 5.99. The summed E-state index contributed by atoms with van der Waals surface area (Å²) < 4.78 is 37.8. The van der Waals surface area contributed by atoms with Gasteiger partial charge < -0.3 is 9.80 Å². The minimum atomic E-state index is -4.43. The first kappa shape index (κ1) is 18.6. The number of nitro groups is 1. The van der Waals surface area contributed by atoms with Gasteiger partial charge in [0.25, 0.3) is 11.6 Å². The second-order valence-electron chi connectivity index (χ2n) is 5.99. The summed E-state index contributed by atoms with van der Waals surface area (Å²) in [4.78, 5) is 29.9. The number of non-ortho nitro benzene ring substituents is 1. The summed E-state index contributed by atoms with van der Waals surface area (Å²) in [5, 5.41) is 10.7. The maximum absolute atomic E-state index is 12.6. The summed E-state index contributed by atoms with van der Waals surface area (Å²) >= 11 is 0. The van der Waals surface area contributed by atoms with Gasteiger partial charge in [-0.1, -0.05) is 0 Å². The quantitative estimate of drug-likeness (QED) is 0.604. The molecule has 1 aliphatic heterocycles. The lowest BCUT2D eigenvalue weighted by atomic mass is 10.1. The number of amides is 1. The van der Waals surface area contributed by atoms with Crippen LogP contribution in [0.15, 0.2) is 42.6 Å². The Balaban J connectivity index is 1.61. The minimum absolute atomic E-state index is 0.0928. The van der Waals surface area contributed by atoms with Crippen molar-refractivity contribution in [3.8, 4) is 0 Å². The highest BCUT2D eigenvalue weighted by atomic mass is 19.4. The molecule has 0 radical (unpaired) electrons. The monoisotopic (exact) mass is 380 g/mol. The number of piperazine rings is 1. The lowest BCUT2D eigenvalue weighted by Crippen LogP contribution is -2.49. The van der Waals surface area contributed by atoms with Gasteiger partial charge in [-0.15, -0.1) is 0 Å². The SMILES string of the molecule is O=C(c1ccc([N+](=O)[O-])cc1)N1CCN(c2ccc(C(F)(F)F)cn2)CC1. The molecule has 1 aromatic heterocycles. The van der Waals surface area contributed by atoms with E-state index in [1.165, 1.54) is 30.3 Å². The van der Waals surface area contributed by atoms with Crippen LogP contribution in [0.2, 0.25) is 0 Å². The molecule has 142 valence electrons. The van der Waals surface area contributed by atoms with Crippen LogP contribution in [0, 0.1) is 10.1 Å². The van der Waals surface area contributed by atoms with Gasteiger partial charge in [-0.2, -0.15) is 13.2 Å². The molecule has 3 rings (SSSR count). The maximum atomic E-state index is 12.6. The number of nitro benzene ring substituents is 1. The Morgan fingerprint density at radius 3 is 2.15 bits per heavy atom. The summed E-state index contributed by atoms with van der Waals surface area (Å²) in [6, 6.07) is 7.66. The lowest BCUT2D eigenvalue weighted by Gasteiger charge is -2.35. The molecule has 0 atom stereocenters. The Hall–Kier alpha value is -3.17. The van der Waals surface area contributed by atoms with Gasteiger partial charge in [-0.25, -0.2) is 4.98 Å². The van der Waals surface area contributed by atoms with Gasteiger partial charge in [0.2, 0.25) is 0 Å². The van der Waals surface area contributed by atoms with E-state index in [1.54, 1.807) is 9.80 Å². The molecule has 0 spiro atoms. The predicted molar refractivity (Wildman–Crippen MR) is 90.5 cm³/mol. The Morgan fingerprint density at radius 2 is 1.67 bits per heavy atom. The van der Waals surface area contributed by atoms with Gasteiger partial charge in [0.05, 0.1) is 10.5 Å². The molecule has 2 heterocycles. The van der Waals surface area contributed by atoms with Crippen LogP contribution in [0.4, 0.5) is 24.7 Å². The highest BCUT2D eigenvalue weighted by Gasteiger charge is 2.31. The molecule has 1 aromatic carbocycles. The van der Waals surface area contributed by atoms with Crippen molar-refractivity contribution in [2.24, 2.45) is 0 Å². The van der Waals surface area contributed by atoms with Crippen LogP contribution in [-0.4, -0.2) is 46.9 Å². The number of pyridine rings is 1. The van der Waals surface area contributed by atoms with Gasteiger partial charge in [-0.3, -0.25) is 14.9 Å². The van der Waals surface area contributed by atoms with E-state index < -0.39 is 16.7 Å². The fourth-order valence-electron chi connectivity index (χ4n) is 2.79. The fourth-order valence-corrected chi connectivity index (χ4v) is 2.79. The number of anilines is 1. The number of aromatic nitrogens is 1. The highest BCUT2D eigenvalue weighted by molar-refractivity contribution is 5.94. The van der Waals surface area contributed by atoms with Crippen molar-refractivity contribution in [1.29, 1.82) is 0 Å². The van der Waals surface area contributed by atoms with Crippen molar-refractivity contribution in [3.05, 3.63) is 63.8 Å². The number of rotatable bonds is 3. The van der Waals surface area contributed by atoms with Crippen molar-refractivity contribution in [2.75, 3.05) is 31.1 Å². The first-order chi connectivity index (χ1) is 12.8. The van der Waals surface area contributed by atoms with E-state index in [1.807, 2.05) is 0 Å². The van der Waals surface area contributed by atoms with Crippen molar-refractivity contribution in [2.45, 2.75) is 6.18 Å². The molecule has 0 aliphatic carbocycles. The standard InChI is InChI=1S/C17H15F3N4O3/c18-17(19,20)13-3-6-15(21-11-13)22-7-9-23(10-8-22)16(25)12-1-4-14(5-2-12)24(26)27/h1-6,11H,7-10H2. The van der Waals surface area contributed by atoms with Crippen molar-refractivity contribution in [1.82, 2.24) is 9.88 Å². The normalized spacial score (nSPS) is 14.9. The maximum Gasteiger partial charge on any atom is 0.417 e. The van der Waals surface area contributed by atoms with E-state index in [0.29, 0.717) is 37.6 Å². The average molecular weight is 380 g/mol. The van der Waals surface area contributed by atoms with Crippen LogP contribution >= 0.6 is 0 Å². The van der Waals surface area contributed by atoms with Crippen molar-refractivity contribution in [3.63, 3.8) is 0 Å². The van der Waals surface area contributed by atoms with Gasteiger partial charge >= 0.3 is 6.18 Å². The molecule has 0 unspecified atom stereocenters. The smallest absolute Gasteiger partial charge is 0.353 e. The third-order valence-electron chi connectivity index (χ3n) is 4.29. The van der Waals surface area contributed by atoms with Gasteiger partial charge in [0.1, 0.15) is 5.82 Å². The molecule has 1 fully saturated rings. The average Bonchev–Trinajstić information content (AvgIpc) is 2.67. The summed E-state index contributed by atoms with van der Waals surface area (Å²) in [5.74, 6) is 0.176. The van der Waals surface area contributed by atoms with Crippen molar-refractivity contribution >= 4 is 17.4 Å². The summed E-state index contributed by atoms with van der Waals surface area (Å²) in [5.41, 5.74) is -0.551. The van der Waals surface area contributed by atoms with E-state index in [0.717, 1.165) is 12.3 Å². The molecular formula is C17H15F3N4O3. The molecule has 27 heavy (non-hydrogen) atoms. The zero-order chi connectivity index (χ0) is 19.6. The van der Waals surface area contributed by atoms with Crippen LogP contribution in [0.25, 0.3) is 0 Å². The summed E-state index contributed by atoms with van der Waals surface area (Å²) in [7, 11) is 0. The van der Waals surface area contributed by atoms with Gasteiger partial charge in [0.15, 0.2) is 0 Å². The lowest BCUT2D eigenvalue weighted by molar-refractivity contribution is -0.384. The van der Waals surface area contributed by atoms with E-state index in [-0.39, 0.29) is 11.6 Å². The first-order valence-electron chi connectivity index (χ1n) is 8.07. The third kappa shape index (κ3) is 4.15. The molecule has 2 aromatic rings. The minimum Gasteiger partial charge on any atom is -0.353 e. The Labute approximate surface area is 152 Å². The number of alkyl halides is 3. The number of carbonyl (C=O) groups is 1. The summed E-state index contributed by atoms with van der Waals surface area (Å²) in [6.07, 6.45) is -3.63. The van der Waals surface area contributed by atoms with Crippen LogP contribution in [0.3, 0.4) is 0 Å². The number of benzene rings is 1. The van der Waals surface area contributed by atoms with Crippen LogP contribution in [0.1, 0.15) is 15.9 Å².